The topological polar surface area (TPSA) is 49.3 Å². The molecule has 0 spiro atoms. The summed E-state index contributed by atoms with van der Waals surface area (Å²) in [7, 11) is 0. The van der Waals surface area contributed by atoms with E-state index in [2.05, 4.69) is 33.6 Å². The number of carbonyl (C=O) groups is 1. The molecule has 6 unspecified atom stereocenters. The lowest BCUT2D eigenvalue weighted by atomic mass is 9.81. The number of nitrogens with zero attached hydrogens (tertiary/aromatic N) is 4. The van der Waals surface area contributed by atoms with E-state index in [9.17, 15) is 31.1 Å². The van der Waals surface area contributed by atoms with Gasteiger partial charge in [0.1, 0.15) is 0 Å². The van der Waals surface area contributed by atoms with Crippen molar-refractivity contribution in [3.8, 4) is 0 Å². The van der Waals surface area contributed by atoms with E-state index < -0.39 is 35.6 Å². The van der Waals surface area contributed by atoms with Gasteiger partial charge in [0.15, 0.2) is 5.78 Å². The smallest absolute Gasteiger partial charge is 0.296 e. The first-order valence-electron chi connectivity index (χ1n) is 16.5. The van der Waals surface area contributed by atoms with Crippen molar-refractivity contribution in [2.24, 2.45) is 11.8 Å². The van der Waals surface area contributed by atoms with Crippen LogP contribution in [0.3, 0.4) is 0 Å². The summed E-state index contributed by atoms with van der Waals surface area (Å²) < 4.78 is 82.7. The second kappa shape index (κ2) is 13.0. The molecule has 5 nitrogen and oxygen atoms in total. The van der Waals surface area contributed by atoms with Gasteiger partial charge >= 0.3 is 12.4 Å². The zero-order chi connectivity index (χ0) is 34.5. The first-order chi connectivity index (χ1) is 22.6. The Morgan fingerprint density at radius 3 is 1.44 bits per heavy atom. The van der Waals surface area contributed by atoms with Gasteiger partial charge in [-0.25, -0.2) is 0 Å². The van der Waals surface area contributed by atoms with Gasteiger partial charge in [-0.2, -0.15) is 26.3 Å². The van der Waals surface area contributed by atoms with Crippen LogP contribution < -0.4 is 0 Å². The third-order valence-corrected chi connectivity index (χ3v) is 10.4. The van der Waals surface area contributed by atoms with Crippen LogP contribution in [0.4, 0.5) is 26.3 Å². The number of alkyl halides is 6. The summed E-state index contributed by atoms with van der Waals surface area (Å²) in [6.45, 7) is 10.5. The quantitative estimate of drug-likeness (QED) is 0.192. The van der Waals surface area contributed by atoms with E-state index in [0.717, 1.165) is 36.1 Å². The molecule has 256 valence electrons. The summed E-state index contributed by atoms with van der Waals surface area (Å²) >= 11 is 0. The van der Waals surface area contributed by atoms with Crippen LogP contribution in [0.1, 0.15) is 74.6 Å². The number of Topliss-reactive ketones (excluding diaryl/α,β-unsaturated/α-hetero) is 1. The number of fused-ring (bicyclic) bond motifs is 2. The third-order valence-electron chi connectivity index (χ3n) is 10.4. The Bertz CT molecular complexity index is 1680. The summed E-state index contributed by atoms with van der Waals surface area (Å²) in [6, 6.07) is 11.2. The fourth-order valence-electron chi connectivity index (χ4n) is 8.14. The molecule has 2 aromatic heterocycles. The second-order valence-corrected chi connectivity index (χ2v) is 13.9. The minimum Gasteiger partial charge on any atom is -0.296 e. The van der Waals surface area contributed by atoms with E-state index in [-0.39, 0.29) is 40.5 Å². The molecule has 0 N–H and O–H groups in total. The summed E-state index contributed by atoms with van der Waals surface area (Å²) in [5, 5.41) is 0.969. The average Bonchev–Trinajstić information content (AvgIpc) is 3.04. The Kier molecular flexibility index (Phi) is 9.32. The second-order valence-electron chi connectivity index (χ2n) is 13.9. The van der Waals surface area contributed by atoms with E-state index in [1.54, 1.807) is 36.4 Å². The van der Waals surface area contributed by atoms with Gasteiger partial charge < -0.3 is 0 Å². The predicted molar refractivity (Wildman–Crippen MR) is 174 cm³/mol. The van der Waals surface area contributed by atoms with Crippen molar-refractivity contribution >= 4 is 27.6 Å². The number of carbonyl (C=O) groups excluding carboxylic acids is 1. The number of benzene rings is 2. The van der Waals surface area contributed by atoms with Crippen molar-refractivity contribution in [1.29, 1.82) is 0 Å². The highest BCUT2D eigenvalue weighted by atomic mass is 19.4. The molecule has 2 aliphatic rings. The monoisotopic (exact) mass is 670 g/mol. The van der Waals surface area contributed by atoms with Gasteiger partial charge in [0.2, 0.25) is 0 Å². The Labute approximate surface area is 276 Å². The number of aromatic nitrogens is 2. The molecular formula is C37H40F6N4O. The van der Waals surface area contributed by atoms with Crippen LogP contribution in [-0.4, -0.2) is 63.8 Å². The van der Waals surface area contributed by atoms with Gasteiger partial charge in [-0.1, -0.05) is 38.1 Å². The van der Waals surface area contributed by atoms with Crippen LogP contribution in [0.2, 0.25) is 0 Å². The van der Waals surface area contributed by atoms with Crippen LogP contribution in [0.15, 0.2) is 60.9 Å². The minimum absolute atomic E-state index is 0.0496. The lowest BCUT2D eigenvalue weighted by Crippen LogP contribution is -2.54. The number of rotatable bonds is 6. The largest absolute Gasteiger partial charge is 0.418 e. The number of halogens is 6. The van der Waals surface area contributed by atoms with E-state index in [1.807, 2.05) is 13.8 Å². The SMILES string of the molecule is CC1CC(c2ccc(C(F)(F)F)c3ncccc23)CN(C(C)C(=O)C(C)N2CC(C)CC(c3ccc(C(F)(F)F)c4ncccc34)C2)C1. The van der Waals surface area contributed by atoms with E-state index in [1.165, 1.54) is 12.4 Å². The molecule has 0 amide bonds. The summed E-state index contributed by atoms with van der Waals surface area (Å²) in [5.41, 5.74) is -0.0162. The van der Waals surface area contributed by atoms with Crippen LogP contribution in [0, 0.1) is 11.8 Å². The molecule has 11 heteroatoms. The molecule has 6 rings (SSSR count). The number of likely N-dealkylation sites (tertiary alicyclic amines) is 2. The summed E-state index contributed by atoms with van der Waals surface area (Å²) in [4.78, 5) is 26.6. The minimum atomic E-state index is -4.52. The summed E-state index contributed by atoms with van der Waals surface area (Å²) in [5.74, 6) is 0.325. The van der Waals surface area contributed by atoms with Gasteiger partial charge in [0, 0.05) is 49.3 Å². The fraction of sp³-hybridized carbons (Fsp3) is 0.486. The highest BCUT2D eigenvalue weighted by molar-refractivity contribution is 5.89. The Morgan fingerprint density at radius 2 is 1.06 bits per heavy atom. The molecule has 2 aliphatic heterocycles. The van der Waals surface area contributed by atoms with Crippen LogP contribution in [0.25, 0.3) is 21.8 Å². The summed E-state index contributed by atoms with van der Waals surface area (Å²) in [6.07, 6.45) is -4.72. The number of ketones is 1. The van der Waals surface area contributed by atoms with Crippen molar-refractivity contribution in [2.75, 3.05) is 26.2 Å². The Hall–Kier alpha value is -3.57. The zero-order valence-electron chi connectivity index (χ0n) is 27.4. The van der Waals surface area contributed by atoms with Crippen LogP contribution >= 0.6 is 0 Å². The van der Waals surface area contributed by atoms with Crippen LogP contribution in [0.5, 0.6) is 0 Å². The van der Waals surface area contributed by atoms with E-state index in [4.69, 9.17) is 0 Å². The van der Waals surface area contributed by atoms with Gasteiger partial charge in [-0.3, -0.25) is 24.6 Å². The first-order valence-corrected chi connectivity index (χ1v) is 16.5. The maximum atomic E-state index is 14.1. The molecule has 2 fully saturated rings. The first kappa shape index (κ1) is 34.3. The molecule has 4 heterocycles. The standard InChI is InChI=1S/C37H40F6N4O/c1-21-15-25(27-9-11-31(36(38,39)40)33-29(27)7-5-13-44-33)19-46(17-21)23(3)35(48)24(4)47-18-22(2)16-26(20-47)28-10-12-32(37(41,42)43)34-30(28)8-6-14-45-34/h5-14,21-26H,15-20H2,1-4H3. The molecule has 2 saturated heterocycles. The van der Waals surface area contributed by atoms with Crippen LogP contribution in [-0.2, 0) is 17.1 Å². The number of piperidine rings is 2. The average molecular weight is 671 g/mol. The highest BCUT2D eigenvalue weighted by Crippen LogP contribution is 2.42. The van der Waals surface area contributed by atoms with Gasteiger partial charge in [-0.15, -0.1) is 0 Å². The molecule has 4 aromatic rings. The zero-order valence-corrected chi connectivity index (χ0v) is 27.4. The molecular weight excluding hydrogens is 630 g/mol. The van der Waals surface area contributed by atoms with Crippen molar-refractivity contribution in [1.82, 2.24) is 19.8 Å². The third kappa shape index (κ3) is 6.68. The lowest BCUT2D eigenvalue weighted by Gasteiger charge is -2.43. The van der Waals surface area contributed by atoms with Crippen molar-refractivity contribution in [3.63, 3.8) is 0 Å². The molecule has 0 saturated carbocycles. The van der Waals surface area contributed by atoms with Gasteiger partial charge in [0.25, 0.3) is 0 Å². The molecule has 0 radical (unpaired) electrons. The predicted octanol–water partition coefficient (Wildman–Crippen LogP) is 8.72. The normalized spacial score (nSPS) is 24.5. The van der Waals surface area contributed by atoms with Crippen molar-refractivity contribution in [3.05, 3.63) is 83.2 Å². The number of hydrogen-bond acceptors (Lipinski definition) is 5. The van der Waals surface area contributed by atoms with E-state index >= 15 is 0 Å². The lowest BCUT2D eigenvalue weighted by molar-refractivity contribution is -0.137. The van der Waals surface area contributed by atoms with Crippen molar-refractivity contribution in [2.45, 2.75) is 76.8 Å². The molecule has 0 aliphatic carbocycles. The molecule has 2 aromatic carbocycles. The molecule has 48 heavy (non-hydrogen) atoms. The maximum absolute atomic E-state index is 14.1. The van der Waals surface area contributed by atoms with Gasteiger partial charge in [-0.05, 0) is 85.8 Å². The number of hydrogen-bond donors (Lipinski definition) is 0. The van der Waals surface area contributed by atoms with Crippen molar-refractivity contribution < 1.29 is 31.1 Å². The Balaban J connectivity index is 1.22. The maximum Gasteiger partial charge on any atom is 0.418 e. The number of pyridine rings is 2. The highest BCUT2D eigenvalue weighted by Gasteiger charge is 2.40. The Morgan fingerprint density at radius 1 is 0.667 bits per heavy atom. The van der Waals surface area contributed by atoms with E-state index in [0.29, 0.717) is 37.0 Å². The molecule has 0 bridgehead atoms. The fourth-order valence-corrected chi connectivity index (χ4v) is 8.14. The molecule has 6 atom stereocenters. The van der Waals surface area contributed by atoms with Gasteiger partial charge in [0.05, 0.1) is 34.2 Å².